The van der Waals surface area contributed by atoms with Gasteiger partial charge in [0.2, 0.25) is 23.6 Å². The van der Waals surface area contributed by atoms with Crippen molar-refractivity contribution in [2.24, 2.45) is 23.5 Å². The largest absolute Gasteiger partial charge is 0.456 e. The number of carbonyl (C=O) groups is 8. The summed E-state index contributed by atoms with van der Waals surface area (Å²) in [6.45, 7) is 20.4. The number of likely N-dealkylation sites (N-methyl/N-ethyl adjacent to an activating group) is 2. The average molecular weight is 1070 g/mol. The number of unbranched alkanes of at least 4 members (excludes halogenated alkanes) is 1. The number of esters is 3. The number of nitrogens with two attached hydrogens (primary N) is 1. The second kappa shape index (κ2) is 35.6. The summed E-state index contributed by atoms with van der Waals surface area (Å²) < 4.78 is 33.8. The minimum absolute atomic E-state index is 0.0617. The van der Waals surface area contributed by atoms with Crippen LogP contribution in [0.15, 0.2) is 47.6 Å². The lowest BCUT2D eigenvalue weighted by molar-refractivity contribution is -0.154. The van der Waals surface area contributed by atoms with E-state index >= 15 is 0 Å². The average Bonchev–Trinajstić information content (AvgIpc) is 3.38. The standard InChI is InChI=1S/C56H90N6O14/c1-13-37(5)49-52(66)59-42(10)56(70)76-50(38(6)14-2)39(7)19-17-20-40(8)55(69)75-46(33-36(3)4)51(65)58-41(9)53(67)62(12)45(54(68)61(11)35-47(63)60-49)34-43-22-24-44(25-23-43)74-48(64)21-15-16-27-71-29-31-73-32-30-72-28-18-26-57/h14,20,22-25,36-37,39,41-42,45-46,49-50H,13,15-19,21,26-35,57H2,1-12H3,(H,58,65)(H,59,66)(H,60,63)/b38-14+,40-20+/t37?,39-,41-,42+,45+,46+,49-,50+/m0/s1. The lowest BCUT2D eigenvalue weighted by atomic mass is 9.93. The molecule has 0 bridgehead atoms. The number of amides is 5. The van der Waals surface area contributed by atoms with Crippen LogP contribution in [0, 0.1) is 17.8 Å². The Labute approximate surface area is 451 Å². The third-order valence-electron chi connectivity index (χ3n) is 13.1. The van der Waals surface area contributed by atoms with E-state index in [-0.39, 0.29) is 48.3 Å². The molecule has 1 aliphatic rings. The fraction of sp³-hybridized carbons (Fsp3) is 0.679. The van der Waals surface area contributed by atoms with Gasteiger partial charge in [0.25, 0.3) is 5.91 Å². The summed E-state index contributed by atoms with van der Waals surface area (Å²) in [5.41, 5.74) is 7.07. The molecule has 1 aromatic rings. The molecule has 0 saturated heterocycles. The zero-order valence-corrected chi connectivity index (χ0v) is 47.4. The van der Waals surface area contributed by atoms with Crippen molar-refractivity contribution in [2.45, 2.75) is 163 Å². The maximum atomic E-state index is 14.5. The van der Waals surface area contributed by atoms with Gasteiger partial charge in [-0.15, -0.1) is 0 Å². The number of cyclic esters (lactones) is 2. The van der Waals surface area contributed by atoms with Crippen LogP contribution in [0.4, 0.5) is 0 Å². The van der Waals surface area contributed by atoms with Crippen molar-refractivity contribution < 1.29 is 66.8 Å². The Morgan fingerprint density at radius 1 is 0.816 bits per heavy atom. The molecule has 1 unspecified atom stereocenters. The van der Waals surface area contributed by atoms with E-state index in [1.807, 2.05) is 47.6 Å². The van der Waals surface area contributed by atoms with E-state index in [1.165, 1.54) is 32.8 Å². The van der Waals surface area contributed by atoms with Crippen LogP contribution >= 0.6 is 0 Å². The van der Waals surface area contributed by atoms with E-state index in [0.29, 0.717) is 83.9 Å². The Kier molecular flexibility index (Phi) is 31.1. The predicted octanol–water partition coefficient (Wildman–Crippen LogP) is 4.74. The van der Waals surface area contributed by atoms with E-state index in [9.17, 15) is 38.4 Å². The van der Waals surface area contributed by atoms with Gasteiger partial charge in [0.05, 0.1) is 33.0 Å². The van der Waals surface area contributed by atoms with Crippen molar-refractivity contribution in [2.75, 3.05) is 66.8 Å². The molecule has 76 heavy (non-hydrogen) atoms. The smallest absolute Gasteiger partial charge is 0.334 e. The first kappa shape index (κ1) is 66.4. The summed E-state index contributed by atoms with van der Waals surface area (Å²) >= 11 is 0. The molecule has 20 nitrogen and oxygen atoms in total. The van der Waals surface area contributed by atoms with Crippen LogP contribution in [0.3, 0.4) is 0 Å². The number of ether oxygens (including phenoxy) is 6. The lowest BCUT2D eigenvalue weighted by Gasteiger charge is -2.33. The SMILES string of the molecule is C/C=C(\C)[C@H]1OC(=O)[C@@H](C)NC(=O)[C@H](C(C)CC)NC(=O)CN(C)C(=O)[C@@H](Cc2ccc(OC(=O)CCCCOCCOCCOCCCN)cc2)N(C)C(=O)[C@H](C)NC(=O)[C@@H](CC(C)C)OC(=O)/C(C)=C/CC[C@@H]1C. The summed E-state index contributed by atoms with van der Waals surface area (Å²) in [6.07, 6.45) is 5.26. The molecule has 5 N–H and O–H groups in total. The van der Waals surface area contributed by atoms with Gasteiger partial charge in [-0.25, -0.2) is 9.59 Å². The first-order valence-corrected chi connectivity index (χ1v) is 26.9. The molecule has 428 valence electrons. The summed E-state index contributed by atoms with van der Waals surface area (Å²) in [5.74, 6) is -5.54. The Hall–Kier alpha value is -5.70. The molecule has 1 heterocycles. The van der Waals surface area contributed by atoms with E-state index in [0.717, 1.165) is 16.9 Å². The summed E-state index contributed by atoms with van der Waals surface area (Å²) in [7, 11) is 2.80. The number of rotatable bonds is 22. The fourth-order valence-electron chi connectivity index (χ4n) is 8.05. The van der Waals surface area contributed by atoms with Crippen LogP contribution < -0.4 is 26.4 Å². The van der Waals surface area contributed by atoms with Gasteiger partial charge in [-0.3, -0.25) is 28.8 Å². The molecular formula is C56H90N6O14. The molecule has 0 saturated carbocycles. The monoisotopic (exact) mass is 1070 g/mol. The van der Waals surface area contributed by atoms with Gasteiger partial charge in [-0.05, 0) is 121 Å². The predicted molar refractivity (Wildman–Crippen MR) is 287 cm³/mol. The van der Waals surface area contributed by atoms with Crippen molar-refractivity contribution in [3.8, 4) is 5.75 Å². The van der Waals surface area contributed by atoms with Gasteiger partial charge in [-0.2, -0.15) is 0 Å². The fourth-order valence-corrected chi connectivity index (χ4v) is 8.05. The van der Waals surface area contributed by atoms with E-state index in [1.54, 1.807) is 44.2 Å². The summed E-state index contributed by atoms with van der Waals surface area (Å²) in [6, 6.07) is 1.83. The third-order valence-corrected chi connectivity index (χ3v) is 13.1. The number of nitrogens with one attached hydrogen (secondary N) is 3. The van der Waals surface area contributed by atoms with Gasteiger partial charge < -0.3 is 59.9 Å². The van der Waals surface area contributed by atoms with Crippen molar-refractivity contribution >= 4 is 47.4 Å². The molecule has 0 radical (unpaired) electrons. The van der Waals surface area contributed by atoms with Crippen LogP contribution in [0.25, 0.3) is 0 Å². The highest BCUT2D eigenvalue weighted by atomic mass is 16.6. The van der Waals surface area contributed by atoms with Crippen LogP contribution in [0.1, 0.15) is 126 Å². The van der Waals surface area contributed by atoms with Crippen molar-refractivity contribution in [3.63, 3.8) is 0 Å². The number of carbonyl (C=O) groups excluding carboxylic acids is 8. The maximum absolute atomic E-state index is 14.5. The molecule has 0 aliphatic carbocycles. The molecule has 2 rings (SSSR count). The number of benzene rings is 1. The van der Waals surface area contributed by atoms with Gasteiger partial charge in [0.1, 0.15) is 36.0 Å². The van der Waals surface area contributed by atoms with Crippen molar-refractivity contribution in [1.82, 2.24) is 25.8 Å². The molecule has 20 heteroatoms. The minimum atomic E-state index is -1.25. The van der Waals surface area contributed by atoms with Crippen LogP contribution in [0.2, 0.25) is 0 Å². The summed E-state index contributed by atoms with van der Waals surface area (Å²) in [5, 5.41) is 8.14. The van der Waals surface area contributed by atoms with Gasteiger partial charge >= 0.3 is 17.9 Å². The highest BCUT2D eigenvalue weighted by Crippen LogP contribution is 2.24. The van der Waals surface area contributed by atoms with E-state index < -0.39 is 90.4 Å². The minimum Gasteiger partial charge on any atom is -0.456 e. The molecule has 0 spiro atoms. The van der Waals surface area contributed by atoms with Crippen LogP contribution in [-0.2, 0) is 68.5 Å². The normalized spacial score (nSPS) is 24.0. The molecule has 1 aromatic carbocycles. The van der Waals surface area contributed by atoms with Gasteiger partial charge in [-0.1, -0.05) is 65.3 Å². The lowest BCUT2D eigenvalue weighted by Crippen LogP contribution is -2.57. The molecule has 1 aliphatic heterocycles. The number of hydrogen-bond donors (Lipinski definition) is 4. The molecule has 0 fully saturated rings. The maximum Gasteiger partial charge on any atom is 0.334 e. The zero-order chi connectivity index (χ0) is 56.9. The molecule has 0 aromatic heterocycles. The zero-order valence-electron chi connectivity index (χ0n) is 47.4. The first-order chi connectivity index (χ1) is 36.0. The Bertz CT molecular complexity index is 2080. The highest BCUT2D eigenvalue weighted by Gasteiger charge is 2.36. The highest BCUT2D eigenvalue weighted by molar-refractivity contribution is 5.96. The Morgan fingerprint density at radius 3 is 2.01 bits per heavy atom. The topological polar surface area (TPSA) is 261 Å². The molecule has 8 atom stereocenters. The molecular weight excluding hydrogens is 981 g/mol. The van der Waals surface area contributed by atoms with E-state index in [2.05, 4.69) is 16.0 Å². The number of allylic oxidation sites excluding steroid dienone is 2. The number of nitrogens with zero attached hydrogens (tertiary/aromatic N) is 2. The van der Waals surface area contributed by atoms with Crippen LogP contribution in [0.5, 0.6) is 5.75 Å². The third kappa shape index (κ3) is 24.1. The first-order valence-electron chi connectivity index (χ1n) is 26.9. The Morgan fingerprint density at radius 2 is 1.42 bits per heavy atom. The Balaban J connectivity index is 2.38. The van der Waals surface area contributed by atoms with Gasteiger partial charge in [0, 0.05) is 45.7 Å². The second-order valence-electron chi connectivity index (χ2n) is 20.2. The van der Waals surface area contributed by atoms with Crippen LogP contribution in [-0.4, -0.2) is 160 Å². The quantitative estimate of drug-likeness (QED) is 0.0529. The second-order valence-corrected chi connectivity index (χ2v) is 20.2. The van der Waals surface area contributed by atoms with E-state index in [4.69, 9.17) is 34.2 Å². The summed E-state index contributed by atoms with van der Waals surface area (Å²) in [4.78, 5) is 112. The number of hydrogen-bond acceptors (Lipinski definition) is 15. The van der Waals surface area contributed by atoms with Gasteiger partial charge in [0.15, 0.2) is 6.10 Å². The van der Waals surface area contributed by atoms with Crippen molar-refractivity contribution in [1.29, 1.82) is 0 Å². The van der Waals surface area contributed by atoms with Crippen molar-refractivity contribution in [3.05, 3.63) is 53.1 Å². The molecule has 5 amide bonds.